The zero-order valence-electron chi connectivity index (χ0n) is 20.5. The zero-order valence-corrected chi connectivity index (χ0v) is 21.4. The molecule has 0 fully saturated rings. The summed E-state index contributed by atoms with van der Waals surface area (Å²) in [6.45, 7) is 27.1. The van der Waals surface area contributed by atoms with Crippen molar-refractivity contribution in [2.75, 3.05) is 0 Å². The summed E-state index contributed by atoms with van der Waals surface area (Å²) in [7, 11) is 0. The summed E-state index contributed by atoms with van der Waals surface area (Å²) >= 11 is 5.07. The Kier molecular flexibility index (Phi) is 10.8. The Hall–Kier alpha value is -0.950. The molecular formula is C28H46S. The monoisotopic (exact) mass is 414 g/mol. The van der Waals surface area contributed by atoms with Gasteiger partial charge in [-0.15, -0.1) is 12.6 Å². The van der Waals surface area contributed by atoms with E-state index in [1.54, 1.807) is 0 Å². The first-order valence-corrected chi connectivity index (χ1v) is 12.2. The van der Waals surface area contributed by atoms with Crippen molar-refractivity contribution in [3.05, 3.63) is 47.1 Å². The average Bonchev–Trinajstić information content (AvgIpc) is 2.65. The number of benzene rings is 1. The predicted molar refractivity (Wildman–Crippen MR) is 136 cm³/mol. The number of allylic oxidation sites excluding steroid dienone is 2. The van der Waals surface area contributed by atoms with Crippen molar-refractivity contribution in [3.8, 4) is 0 Å². The van der Waals surface area contributed by atoms with Crippen LogP contribution in [0.1, 0.15) is 109 Å². The Morgan fingerprint density at radius 3 is 2.10 bits per heavy atom. The number of thiol groups is 1. The fourth-order valence-electron chi connectivity index (χ4n) is 5.11. The standard InChI is InChI=1S/C28H46S/c1-11-14-15-16-23-17-25(29)28(22(10)26(23)19(6)7)27(21(9)18(4)5)24(13-3)20(8)12-2/h17,20-21,24,27,29H,4,6,11-16H2,1-3,5,7-10H3. The van der Waals surface area contributed by atoms with E-state index in [1.807, 2.05) is 0 Å². The lowest BCUT2D eigenvalue weighted by molar-refractivity contribution is 0.243. The summed E-state index contributed by atoms with van der Waals surface area (Å²) in [5.41, 5.74) is 8.10. The number of aryl methyl sites for hydroxylation is 1. The van der Waals surface area contributed by atoms with Crippen LogP contribution in [0.2, 0.25) is 0 Å². The minimum absolute atomic E-state index is 0.433. The number of rotatable bonds is 12. The number of hydrogen-bond donors (Lipinski definition) is 1. The predicted octanol–water partition coefficient (Wildman–Crippen LogP) is 9.42. The van der Waals surface area contributed by atoms with Gasteiger partial charge in [0, 0.05) is 4.90 Å². The molecule has 0 saturated heterocycles. The van der Waals surface area contributed by atoms with Crippen LogP contribution in [-0.4, -0.2) is 0 Å². The molecule has 0 aliphatic carbocycles. The molecule has 0 radical (unpaired) electrons. The Bertz CT molecular complexity index is 697. The minimum Gasteiger partial charge on any atom is -0.143 e. The van der Waals surface area contributed by atoms with Gasteiger partial charge in [0.05, 0.1) is 0 Å². The van der Waals surface area contributed by atoms with Gasteiger partial charge in [-0.3, -0.25) is 0 Å². The van der Waals surface area contributed by atoms with Crippen molar-refractivity contribution < 1.29 is 0 Å². The average molecular weight is 415 g/mol. The first-order chi connectivity index (χ1) is 13.6. The maximum Gasteiger partial charge on any atom is 0.00810 e. The van der Waals surface area contributed by atoms with E-state index in [2.05, 4.69) is 74.6 Å². The second-order valence-electron chi connectivity index (χ2n) is 9.32. The molecule has 0 bridgehead atoms. The molecule has 1 heteroatoms. The molecule has 0 saturated carbocycles. The van der Waals surface area contributed by atoms with E-state index in [4.69, 9.17) is 12.6 Å². The van der Waals surface area contributed by atoms with Crippen LogP contribution in [0, 0.1) is 24.7 Å². The summed E-state index contributed by atoms with van der Waals surface area (Å²) < 4.78 is 0. The van der Waals surface area contributed by atoms with Crippen molar-refractivity contribution in [1.29, 1.82) is 0 Å². The molecule has 4 atom stereocenters. The molecule has 0 heterocycles. The summed E-state index contributed by atoms with van der Waals surface area (Å²) in [4.78, 5) is 1.17. The third-order valence-electron chi connectivity index (χ3n) is 7.12. The molecule has 0 aliphatic heterocycles. The molecule has 1 rings (SSSR count). The van der Waals surface area contributed by atoms with Gasteiger partial charge in [0.15, 0.2) is 0 Å². The minimum atomic E-state index is 0.433. The highest BCUT2D eigenvalue weighted by atomic mass is 32.1. The van der Waals surface area contributed by atoms with E-state index < -0.39 is 0 Å². The molecule has 1 aromatic carbocycles. The largest absolute Gasteiger partial charge is 0.143 e. The van der Waals surface area contributed by atoms with E-state index >= 15 is 0 Å². The molecule has 164 valence electrons. The molecular weight excluding hydrogens is 368 g/mol. The van der Waals surface area contributed by atoms with Crippen molar-refractivity contribution in [3.63, 3.8) is 0 Å². The molecule has 0 aromatic heterocycles. The van der Waals surface area contributed by atoms with Crippen LogP contribution < -0.4 is 0 Å². The van der Waals surface area contributed by atoms with Crippen molar-refractivity contribution in [1.82, 2.24) is 0 Å². The summed E-state index contributed by atoms with van der Waals surface area (Å²) in [5, 5.41) is 0. The van der Waals surface area contributed by atoms with Crippen LogP contribution in [-0.2, 0) is 6.42 Å². The number of hydrogen-bond acceptors (Lipinski definition) is 1. The highest BCUT2D eigenvalue weighted by Crippen LogP contribution is 2.46. The second kappa shape index (κ2) is 12.0. The van der Waals surface area contributed by atoms with Gasteiger partial charge in [-0.25, -0.2) is 0 Å². The summed E-state index contributed by atoms with van der Waals surface area (Å²) in [6, 6.07) is 2.35. The fourth-order valence-corrected chi connectivity index (χ4v) is 5.59. The van der Waals surface area contributed by atoms with E-state index in [-0.39, 0.29) is 0 Å². The third kappa shape index (κ3) is 6.27. The first-order valence-electron chi connectivity index (χ1n) is 11.8. The molecule has 1 aromatic rings. The lowest BCUT2D eigenvalue weighted by Gasteiger charge is -2.38. The lowest BCUT2D eigenvalue weighted by atomic mass is 9.67. The van der Waals surface area contributed by atoms with Gasteiger partial charge in [0.1, 0.15) is 0 Å². The Balaban J connectivity index is 3.69. The van der Waals surface area contributed by atoms with Crippen LogP contribution >= 0.6 is 12.6 Å². The molecule has 0 amide bonds. The van der Waals surface area contributed by atoms with Crippen LogP contribution in [0.25, 0.3) is 5.57 Å². The van der Waals surface area contributed by atoms with Crippen molar-refractivity contribution in [2.24, 2.45) is 17.8 Å². The number of unbranched alkanes of at least 4 members (excludes halogenated alkanes) is 2. The molecule has 0 nitrogen and oxygen atoms in total. The maximum atomic E-state index is 5.07. The fraction of sp³-hybridized carbons (Fsp3) is 0.643. The highest BCUT2D eigenvalue weighted by molar-refractivity contribution is 7.80. The van der Waals surface area contributed by atoms with Crippen LogP contribution in [0.5, 0.6) is 0 Å². The quantitative estimate of drug-likeness (QED) is 0.196. The first kappa shape index (κ1) is 26.1. The molecule has 4 unspecified atom stereocenters. The van der Waals surface area contributed by atoms with Crippen LogP contribution in [0.4, 0.5) is 0 Å². The Morgan fingerprint density at radius 1 is 1.03 bits per heavy atom. The van der Waals surface area contributed by atoms with Gasteiger partial charge in [0.25, 0.3) is 0 Å². The van der Waals surface area contributed by atoms with Gasteiger partial charge < -0.3 is 0 Å². The SMILES string of the molecule is C=C(C)c1c(CCCCC)cc(S)c(C(C(C)C(=C)C)C(CC)C(C)CC)c1C. The topological polar surface area (TPSA) is 0 Å². The van der Waals surface area contributed by atoms with Crippen LogP contribution in [0.15, 0.2) is 29.7 Å². The van der Waals surface area contributed by atoms with Gasteiger partial charge >= 0.3 is 0 Å². The van der Waals surface area contributed by atoms with Crippen molar-refractivity contribution in [2.45, 2.75) is 105 Å². The molecule has 0 N–H and O–H groups in total. The van der Waals surface area contributed by atoms with Gasteiger partial charge in [-0.1, -0.05) is 84.6 Å². The van der Waals surface area contributed by atoms with E-state index in [0.717, 1.165) is 6.42 Å². The Morgan fingerprint density at radius 2 is 1.66 bits per heavy atom. The van der Waals surface area contributed by atoms with E-state index in [0.29, 0.717) is 23.7 Å². The van der Waals surface area contributed by atoms with E-state index in [1.165, 1.54) is 70.4 Å². The van der Waals surface area contributed by atoms with Gasteiger partial charge in [-0.05, 0) is 85.6 Å². The maximum absolute atomic E-state index is 5.07. The van der Waals surface area contributed by atoms with Gasteiger partial charge in [0.2, 0.25) is 0 Å². The summed E-state index contributed by atoms with van der Waals surface area (Å²) in [5.74, 6) is 2.18. The zero-order chi connectivity index (χ0) is 22.3. The highest BCUT2D eigenvalue weighted by Gasteiger charge is 2.34. The normalized spacial score (nSPS) is 15.6. The lowest BCUT2D eigenvalue weighted by Crippen LogP contribution is -2.27. The third-order valence-corrected chi connectivity index (χ3v) is 7.49. The van der Waals surface area contributed by atoms with E-state index in [9.17, 15) is 0 Å². The van der Waals surface area contributed by atoms with Crippen LogP contribution in [0.3, 0.4) is 0 Å². The molecule has 0 aliphatic rings. The second-order valence-corrected chi connectivity index (χ2v) is 9.81. The molecule has 29 heavy (non-hydrogen) atoms. The van der Waals surface area contributed by atoms with Gasteiger partial charge in [-0.2, -0.15) is 0 Å². The summed E-state index contributed by atoms with van der Waals surface area (Å²) in [6.07, 6.45) is 7.27. The van der Waals surface area contributed by atoms with Crippen molar-refractivity contribution >= 4 is 18.2 Å². The smallest absolute Gasteiger partial charge is 0.00810 e. The molecule has 0 spiro atoms. The Labute approximate surface area is 187 Å².